The molecule has 0 atom stereocenters. The highest BCUT2D eigenvalue weighted by Gasteiger charge is 2.16. The maximum atomic E-state index is 3.89. The van der Waals surface area contributed by atoms with Crippen molar-refractivity contribution in [3.05, 3.63) is 41.6 Å². The molecule has 17 heavy (non-hydrogen) atoms. The Kier molecular flexibility index (Phi) is 4.39. The summed E-state index contributed by atoms with van der Waals surface area (Å²) < 4.78 is 0. The summed E-state index contributed by atoms with van der Waals surface area (Å²) in [4.78, 5) is 2.14. The number of nitrogens with zero attached hydrogens (tertiary/aromatic N) is 1. The predicted octanol–water partition coefficient (Wildman–Crippen LogP) is 4.82. The van der Waals surface area contributed by atoms with Crippen molar-refractivity contribution < 1.29 is 0 Å². The molecular weight excluding hydrogens is 206 g/mol. The summed E-state index contributed by atoms with van der Waals surface area (Å²) in [6.07, 6.45) is 1.89. The Balaban J connectivity index is 3.52. The lowest BCUT2D eigenvalue weighted by Gasteiger charge is -2.26. The SMILES string of the molecule is C=CN(C)c1c(C(C)C)cc(C)cc1C(C)C. The zero-order valence-electron chi connectivity index (χ0n) is 12.0. The van der Waals surface area contributed by atoms with Gasteiger partial charge in [0, 0.05) is 12.7 Å². The summed E-state index contributed by atoms with van der Waals surface area (Å²) >= 11 is 0. The molecule has 0 fully saturated rings. The van der Waals surface area contributed by atoms with Crippen LogP contribution in [0.3, 0.4) is 0 Å². The molecule has 0 spiro atoms. The highest BCUT2D eigenvalue weighted by Crippen LogP contribution is 2.35. The van der Waals surface area contributed by atoms with Crippen molar-refractivity contribution in [2.75, 3.05) is 11.9 Å². The van der Waals surface area contributed by atoms with Crippen LogP contribution in [0.15, 0.2) is 24.9 Å². The Morgan fingerprint density at radius 1 is 1.06 bits per heavy atom. The smallest absolute Gasteiger partial charge is 0.0473 e. The van der Waals surface area contributed by atoms with Gasteiger partial charge in [-0.25, -0.2) is 0 Å². The van der Waals surface area contributed by atoms with E-state index in [1.54, 1.807) is 0 Å². The Morgan fingerprint density at radius 3 is 1.76 bits per heavy atom. The van der Waals surface area contributed by atoms with Gasteiger partial charge in [-0.3, -0.25) is 0 Å². The molecular formula is C16H25N. The topological polar surface area (TPSA) is 3.24 Å². The van der Waals surface area contributed by atoms with Crippen molar-refractivity contribution in [3.8, 4) is 0 Å². The zero-order valence-corrected chi connectivity index (χ0v) is 12.0. The van der Waals surface area contributed by atoms with E-state index in [0.29, 0.717) is 11.8 Å². The van der Waals surface area contributed by atoms with E-state index in [2.05, 4.69) is 65.3 Å². The number of anilines is 1. The molecule has 1 aromatic carbocycles. The van der Waals surface area contributed by atoms with Crippen LogP contribution in [0.4, 0.5) is 5.69 Å². The predicted molar refractivity (Wildman–Crippen MR) is 78.0 cm³/mol. The van der Waals surface area contributed by atoms with Crippen LogP contribution in [0.2, 0.25) is 0 Å². The molecule has 94 valence electrons. The molecule has 0 saturated carbocycles. The standard InChI is InChI=1S/C16H25N/c1-8-17(7)16-14(11(2)3)9-13(6)10-15(16)12(4)5/h8-12H,1H2,2-7H3. The van der Waals surface area contributed by atoms with Crippen LogP contribution in [0.25, 0.3) is 0 Å². The number of hydrogen-bond acceptors (Lipinski definition) is 1. The Morgan fingerprint density at radius 2 is 1.47 bits per heavy atom. The van der Waals surface area contributed by atoms with E-state index in [1.165, 1.54) is 22.4 Å². The lowest BCUT2D eigenvalue weighted by atomic mass is 9.90. The Bertz CT molecular complexity index is 373. The molecule has 1 aromatic rings. The molecule has 0 amide bonds. The third-order valence-corrected chi connectivity index (χ3v) is 3.18. The van der Waals surface area contributed by atoms with Gasteiger partial charge in [0.25, 0.3) is 0 Å². The van der Waals surface area contributed by atoms with Crippen LogP contribution in [0.1, 0.15) is 56.2 Å². The van der Waals surface area contributed by atoms with Crippen molar-refractivity contribution in [1.82, 2.24) is 0 Å². The van der Waals surface area contributed by atoms with Gasteiger partial charge in [-0.15, -0.1) is 0 Å². The molecule has 0 unspecified atom stereocenters. The minimum atomic E-state index is 0.532. The third kappa shape index (κ3) is 2.91. The average molecular weight is 231 g/mol. The van der Waals surface area contributed by atoms with Crippen LogP contribution in [-0.4, -0.2) is 7.05 Å². The van der Waals surface area contributed by atoms with Gasteiger partial charge >= 0.3 is 0 Å². The second-order valence-corrected chi connectivity index (χ2v) is 5.39. The summed E-state index contributed by atoms with van der Waals surface area (Å²) in [6.45, 7) is 15.1. The summed E-state index contributed by atoms with van der Waals surface area (Å²) in [5, 5.41) is 0. The largest absolute Gasteiger partial charge is 0.351 e. The molecule has 0 aromatic heterocycles. The first-order valence-corrected chi connectivity index (χ1v) is 6.38. The normalized spacial score (nSPS) is 11.1. The van der Waals surface area contributed by atoms with Gasteiger partial charge in [0.1, 0.15) is 0 Å². The van der Waals surface area contributed by atoms with Gasteiger partial charge in [-0.05, 0) is 36.1 Å². The minimum Gasteiger partial charge on any atom is -0.351 e. The van der Waals surface area contributed by atoms with E-state index in [1.807, 2.05) is 6.20 Å². The van der Waals surface area contributed by atoms with Crippen molar-refractivity contribution in [2.45, 2.75) is 46.5 Å². The first-order valence-electron chi connectivity index (χ1n) is 6.38. The molecule has 0 aliphatic heterocycles. The van der Waals surface area contributed by atoms with Gasteiger partial charge in [-0.2, -0.15) is 0 Å². The second kappa shape index (κ2) is 5.39. The first kappa shape index (κ1) is 13.8. The first-order chi connectivity index (χ1) is 7.88. The minimum absolute atomic E-state index is 0.532. The van der Waals surface area contributed by atoms with Gasteiger partial charge < -0.3 is 4.90 Å². The van der Waals surface area contributed by atoms with Crippen LogP contribution in [0, 0.1) is 6.92 Å². The van der Waals surface area contributed by atoms with Crippen molar-refractivity contribution >= 4 is 5.69 Å². The lowest BCUT2D eigenvalue weighted by Crippen LogP contribution is -2.14. The Hall–Kier alpha value is -1.24. The fraction of sp³-hybridized carbons (Fsp3) is 0.500. The highest BCUT2D eigenvalue weighted by molar-refractivity contribution is 5.64. The number of aryl methyl sites for hydroxylation is 1. The second-order valence-electron chi connectivity index (χ2n) is 5.39. The molecule has 0 N–H and O–H groups in total. The van der Waals surface area contributed by atoms with Gasteiger partial charge in [-0.1, -0.05) is 52.0 Å². The molecule has 0 saturated heterocycles. The van der Waals surface area contributed by atoms with Crippen molar-refractivity contribution in [3.63, 3.8) is 0 Å². The van der Waals surface area contributed by atoms with Gasteiger partial charge in [0.05, 0.1) is 0 Å². The maximum Gasteiger partial charge on any atom is 0.0473 e. The molecule has 0 radical (unpaired) electrons. The van der Waals surface area contributed by atoms with Crippen LogP contribution in [0.5, 0.6) is 0 Å². The summed E-state index contributed by atoms with van der Waals surface area (Å²) in [5.74, 6) is 1.06. The van der Waals surface area contributed by atoms with Crippen LogP contribution >= 0.6 is 0 Å². The average Bonchev–Trinajstić information content (AvgIpc) is 2.26. The molecule has 1 nitrogen and oxygen atoms in total. The quantitative estimate of drug-likeness (QED) is 0.718. The Labute approximate surface area is 106 Å². The molecule has 0 bridgehead atoms. The van der Waals surface area contributed by atoms with Gasteiger partial charge in [0.2, 0.25) is 0 Å². The van der Waals surface area contributed by atoms with E-state index in [0.717, 1.165) is 0 Å². The summed E-state index contributed by atoms with van der Waals surface area (Å²) in [6, 6.07) is 4.60. The molecule has 1 rings (SSSR count). The number of benzene rings is 1. The maximum absolute atomic E-state index is 3.89. The fourth-order valence-corrected chi connectivity index (χ4v) is 2.21. The van der Waals surface area contributed by atoms with E-state index in [-0.39, 0.29) is 0 Å². The van der Waals surface area contributed by atoms with Crippen molar-refractivity contribution in [2.24, 2.45) is 0 Å². The highest BCUT2D eigenvalue weighted by atomic mass is 15.1. The molecule has 1 heteroatoms. The number of hydrogen-bond donors (Lipinski definition) is 0. The third-order valence-electron chi connectivity index (χ3n) is 3.18. The van der Waals surface area contributed by atoms with E-state index >= 15 is 0 Å². The van der Waals surface area contributed by atoms with Crippen LogP contribution < -0.4 is 4.90 Å². The lowest BCUT2D eigenvalue weighted by molar-refractivity contribution is 0.824. The van der Waals surface area contributed by atoms with E-state index in [9.17, 15) is 0 Å². The molecule has 0 aliphatic carbocycles. The summed E-state index contributed by atoms with van der Waals surface area (Å²) in [5.41, 5.74) is 5.50. The van der Waals surface area contributed by atoms with Crippen molar-refractivity contribution in [1.29, 1.82) is 0 Å². The monoisotopic (exact) mass is 231 g/mol. The molecule has 0 heterocycles. The van der Waals surface area contributed by atoms with Crippen LogP contribution in [-0.2, 0) is 0 Å². The fourth-order valence-electron chi connectivity index (χ4n) is 2.21. The zero-order chi connectivity index (χ0) is 13.2. The van der Waals surface area contributed by atoms with Gasteiger partial charge in [0.15, 0.2) is 0 Å². The van der Waals surface area contributed by atoms with E-state index in [4.69, 9.17) is 0 Å². The van der Waals surface area contributed by atoms with E-state index < -0.39 is 0 Å². The summed E-state index contributed by atoms with van der Waals surface area (Å²) in [7, 11) is 2.08. The molecule has 0 aliphatic rings. The number of rotatable bonds is 4.